The topological polar surface area (TPSA) is 37.4 Å². The van der Waals surface area contributed by atoms with Crippen LogP contribution in [0.4, 0.5) is 0 Å². The molecular weight excluding hydrogens is 281 g/mol. The van der Waals surface area contributed by atoms with Crippen molar-refractivity contribution in [3.05, 3.63) is 34.9 Å². The summed E-state index contributed by atoms with van der Waals surface area (Å²) in [6.45, 7) is 0.349. The van der Waals surface area contributed by atoms with Crippen LogP contribution in [-0.4, -0.2) is 31.4 Å². The van der Waals surface area contributed by atoms with Gasteiger partial charge in [0.2, 0.25) is 10.0 Å². The number of alkyl halides is 1. The van der Waals surface area contributed by atoms with Crippen LogP contribution >= 0.6 is 23.2 Å². The molecule has 0 fully saturated rings. The van der Waals surface area contributed by atoms with E-state index in [2.05, 4.69) is 0 Å². The van der Waals surface area contributed by atoms with Gasteiger partial charge in [0.1, 0.15) is 0 Å². The van der Waals surface area contributed by atoms with Gasteiger partial charge in [-0.25, -0.2) is 12.7 Å². The minimum Gasteiger partial charge on any atom is -0.212 e. The summed E-state index contributed by atoms with van der Waals surface area (Å²) < 4.78 is 24.9. The minimum atomic E-state index is -3.21. The van der Waals surface area contributed by atoms with Crippen molar-refractivity contribution in [1.82, 2.24) is 4.31 Å². The number of benzene rings is 1. The summed E-state index contributed by atoms with van der Waals surface area (Å²) in [5, 5.41) is 0.640. The Balaban J connectivity index is 2.65. The molecule has 0 saturated heterocycles. The van der Waals surface area contributed by atoms with E-state index in [0.717, 1.165) is 5.56 Å². The summed E-state index contributed by atoms with van der Waals surface area (Å²) in [4.78, 5) is 0. The summed E-state index contributed by atoms with van der Waals surface area (Å²) in [7, 11) is -1.65. The Morgan fingerprint density at radius 1 is 1.24 bits per heavy atom. The molecule has 3 nitrogen and oxygen atoms in total. The Hall–Kier alpha value is -0.290. The van der Waals surface area contributed by atoms with Crippen molar-refractivity contribution in [3.8, 4) is 0 Å². The van der Waals surface area contributed by atoms with Gasteiger partial charge in [0, 0.05) is 24.5 Å². The fourth-order valence-corrected chi connectivity index (χ4v) is 2.92. The van der Waals surface area contributed by atoms with Crippen LogP contribution in [0, 0.1) is 0 Å². The molecule has 0 aromatic heterocycles. The molecule has 0 unspecified atom stereocenters. The molecule has 0 aliphatic carbocycles. The van der Waals surface area contributed by atoms with Crippen LogP contribution in [0.2, 0.25) is 5.02 Å². The number of hydrogen-bond acceptors (Lipinski definition) is 2. The van der Waals surface area contributed by atoms with Crippen molar-refractivity contribution >= 4 is 33.2 Å². The number of hydrogen-bond donors (Lipinski definition) is 0. The van der Waals surface area contributed by atoms with E-state index in [9.17, 15) is 8.42 Å². The minimum absolute atomic E-state index is 0.0839. The van der Waals surface area contributed by atoms with Gasteiger partial charge < -0.3 is 0 Å². The summed E-state index contributed by atoms with van der Waals surface area (Å²) in [5.41, 5.74) is 0.909. The van der Waals surface area contributed by atoms with E-state index in [0.29, 0.717) is 23.9 Å². The maximum absolute atomic E-state index is 11.8. The maximum Gasteiger partial charge on any atom is 0.214 e. The van der Waals surface area contributed by atoms with Crippen molar-refractivity contribution in [1.29, 1.82) is 0 Å². The second kappa shape index (κ2) is 6.59. The predicted molar refractivity (Wildman–Crippen MR) is 72.0 cm³/mol. The van der Waals surface area contributed by atoms with Crippen molar-refractivity contribution < 1.29 is 8.42 Å². The van der Waals surface area contributed by atoms with Crippen LogP contribution in [0.25, 0.3) is 0 Å². The van der Waals surface area contributed by atoms with Gasteiger partial charge in [0.25, 0.3) is 0 Å². The number of sulfonamides is 1. The SMILES string of the molecule is CN(Cc1ccc(Cl)cc1)S(=O)(=O)CCCCl. The Kier molecular flexibility index (Phi) is 5.73. The van der Waals surface area contributed by atoms with Crippen LogP contribution in [0.5, 0.6) is 0 Å². The average Bonchev–Trinajstić information content (AvgIpc) is 2.29. The van der Waals surface area contributed by atoms with Crippen LogP contribution in [0.15, 0.2) is 24.3 Å². The highest BCUT2D eigenvalue weighted by molar-refractivity contribution is 7.89. The van der Waals surface area contributed by atoms with Gasteiger partial charge in [-0.05, 0) is 24.1 Å². The molecule has 0 atom stereocenters. The summed E-state index contributed by atoms with van der Waals surface area (Å²) in [6, 6.07) is 7.12. The van der Waals surface area contributed by atoms with Crippen LogP contribution in [0.1, 0.15) is 12.0 Å². The monoisotopic (exact) mass is 295 g/mol. The zero-order valence-corrected chi connectivity index (χ0v) is 11.9. The number of halogens is 2. The summed E-state index contributed by atoms with van der Waals surface area (Å²) in [6.07, 6.45) is 0.467. The Bertz CT molecular complexity index is 445. The highest BCUT2D eigenvalue weighted by Gasteiger charge is 2.17. The zero-order valence-electron chi connectivity index (χ0n) is 9.57. The largest absolute Gasteiger partial charge is 0.214 e. The van der Waals surface area contributed by atoms with E-state index in [1.165, 1.54) is 4.31 Å². The highest BCUT2D eigenvalue weighted by atomic mass is 35.5. The van der Waals surface area contributed by atoms with Gasteiger partial charge in [-0.2, -0.15) is 0 Å². The first-order valence-corrected chi connectivity index (χ1v) is 7.72. The second-order valence-electron chi connectivity index (χ2n) is 3.74. The fraction of sp³-hybridized carbons (Fsp3) is 0.455. The molecule has 0 bridgehead atoms. The lowest BCUT2D eigenvalue weighted by Gasteiger charge is -2.16. The molecule has 0 N–H and O–H groups in total. The fourth-order valence-electron chi connectivity index (χ4n) is 1.34. The van der Waals surface area contributed by atoms with E-state index >= 15 is 0 Å². The Morgan fingerprint density at radius 2 is 1.82 bits per heavy atom. The van der Waals surface area contributed by atoms with E-state index in [-0.39, 0.29) is 5.75 Å². The summed E-state index contributed by atoms with van der Waals surface area (Å²) in [5.74, 6) is 0.439. The Morgan fingerprint density at radius 3 is 2.35 bits per heavy atom. The molecule has 0 saturated carbocycles. The van der Waals surface area contributed by atoms with E-state index in [1.54, 1.807) is 19.2 Å². The van der Waals surface area contributed by atoms with Crippen molar-refractivity contribution in [2.75, 3.05) is 18.7 Å². The normalized spacial score (nSPS) is 12.0. The van der Waals surface area contributed by atoms with Gasteiger partial charge in [0.15, 0.2) is 0 Å². The molecule has 0 spiro atoms. The molecule has 0 radical (unpaired) electrons. The first-order valence-electron chi connectivity index (χ1n) is 5.20. The van der Waals surface area contributed by atoms with Crippen LogP contribution in [-0.2, 0) is 16.6 Å². The lowest BCUT2D eigenvalue weighted by Crippen LogP contribution is -2.28. The molecule has 0 amide bonds. The average molecular weight is 296 g/mol. The van der Waals surface area contributed by atoms with E-state index in [1.807, 2.05) is 12.1 Å². The lowest BCUT2D eigenvalue weighted by atomic mass is 10.2. The molecule has 1 aromatic rings. The smallest absolute Gasteiger partial charge is 0.212 e. The van der Waals surface area contributed by atoms with Crippen molar-refractivity contribution in [2.45, 2.75) is 13.0 Å². The van der Waals surface area contributed by atoms with Crippen LogP contribution in [0.3, 0.4) is 0 Å². The molecule has 0 heterocycles. The van der Waals surface area contributed by atoms with Gasteiger partial charge in [-0.15, -0.1) is 11.6 Å². The molecular formula is C11H15Cl2NO2S. The second-order valence-corrected chi connectivity index (χ2v) is 6.75. The standard InChI is InChI=1S/C11H15Cl2NO2S/c1-14(17(15,16)8-2-7-12)9-10-3-5-11(13)6-4-10/h3-6H,2,7-9H2,1H3. The summed E-state index contributed by atoms with van der Waals surface area (Å²) >= 11 is 11.3. The third-order valence-corrected chi connectivity index (χ3v) is 4.73. The van der Waals surface area contributed by atoms with E-state index in [4.69, 9.17) is 23.2 Å². The highest BCUT2D eigenvalue weighted by Crippen LogP contribution is 2.13. The van der Waals surface area contributed by atoms with E-state index < -0.39 is 10.0 Å². The van der Waals surface area contributed by atoms with Crippen molar-refractivity contribution in [2.24, 2.45) is 0 Å². The molecule has 1 rings (SSSR count). The van der Waals surface area contributed by atoms with Gasteiger partial charge in [-0.3, -0.25) is 0 Å². The van der Waals surface area contributed by atoms with Gasteiger partial charge in [-0.1, -0.05) is 23.7 Å². The molecule has 6 heteroatoms. The maximum atomic E-state index is 11.8. The molecule has 0 aliphatic heterocycles. The first-order chi connectivity index (χ1) is 7.95. The predicted octanol–water partition coefficient (Wildman–Crippen LogP) is 2.73. The number of nitrogens with zero attached hydrogens (tertiary/aromatic N) is 1. The van der Waals surface area contributed by atoms with Gasteiger partial charge in [0.05, 0.1) is 5.75 Å². The third-order valence-electron chi connectivity index (χ3n) is 2.33. The van der Waals surface area contributed by atoms with Gasteiger partial charge >= 0.3 is 0 Å². The quantitative estimate of drug-likeness (QED) is 0.757. The van der Waals surface area contributed by atoms with Crippen LogP contribution < -0.4 is 0 Å². The molecule has 17 heavy (non-hydrogen) atoms. The molecule has 1 aromatic carbocycles. The van der Waals surface area contributed by atoms with Crippen molar-refractivity contribution in [3.63, 3.8) is 0 Å². The molecule has 96 valence electrons. The lowest BCUT2D eigenvalue weighted by molar-refractivity contribution is 0.466. The molecule has 0 aliphatic rings. The zero-order chi connectivity index (χ0) is 12.9. The Labute approximate surface area is 112 Å². The third kappa shape index (κ3) is 4.84. The first kappa shape index (κ1) is 14.8. The number of rotatable bonds is 6.